The van der Waals surface area contributed by atoms with Gasteiger partial charge < -0.3 is 0 Å². The first-order chi connectivity index (χ1) is 14.0. The molecule has 3 aromatic heterocycles. The molecular weight excluding hydrogens is 404 g/mol. The Morgan fingerprint density at radius 2 is 1.97 bits per heavy atom. The molecule has 4 rings (SSSR count). The van der Waals surface area contributed by atoms with Crippen molar-refractivity contribution >= 4 is 38.7 Å². The highest BCUT2D eigenvalue weighted by Crippen LogP contribution is 2.30. The van der Waals surface area contributed by atoms with E-state index >= 15 is 0 Å². The lowest BCUT2D eigenvalue weighted by molar-refractivity contribution is -0.120. The van der Waals surface area contributed by atoms with Crippen molar-refractivity contribution in [2.45, 2.75) is 26.3 Å². The van der Waals surface area contributed by atoms with Gasteiger partial charge in [-0.2, -0.15) is 5.26 Å². The second-order valence-corrected chi connectivity index (χ2v) is 8.48. The maximum absolute atomic E-state index is 13.1. The molecule has 0 bridgehead atoms. The van der Waals surface area contributed by atoms with Crippen LogP contribution in [0.2, 0.25) is 0 Å². The summed E-state index contributed by atoms with van der Waals surface area (Å²) < 4.78 is 1.28. The highest BCUT2D eigenvalue weighted by Gasteiger charge is 2.24. The highest BCUT2D eigenvalue weighted by atomic mass is 32.1. The van der Waals surface area contributed by atoms with Crippen LogP contribution in [0.5, 0.6) is 0 Å². The van der Waals surface area contributed by atoms with Crippen molar-refractivity contribution in [2.75, 3.05) is 0 Å². The lowest BCUT2D eigenvalue weighted by Gasteiger charge is -2.08. The van der Waals surface area contributed by atoms with E-state index in [9.17, 15) is 14.9 Å². The Labute approximate surface area is 174 Å². The van der Waals surface area contributed by atoms with Gasteiger partial charge in [0.2, 0.25) is 0 Å². The summed E-state index contributed by atoms with van der Waals surface area (Å²) in [6.07, 6.45) is 1.37. The first-order valence-electron chi connectivity index (χ1n) is 8.86. The van der Waals surface area contributed by atoms with Gasteiger partial charge in [0.1, 0.15) is 9.84 Å². The van der Waals surface area contributed by atoms with Gasteiger partial charge in [-0.3, -0.25) is 14.2 Å². The Morgan fingerprint density at radius 1 is 1.21 bits per heavy atom. The molecular formula is C21H16N4O2S2. The lowest BCUT2D eigenvalue weighted by Crippen LogP contribution is -2.27. The van der Waals surface area contributed by atoms with Crippen LogP contribution in [-0.2, 0) is 11.3 Å². The zero-order valence-corrected chi connectivity index (χ0v) is 17.4. The van der Waals surface area contributed by atoms with Crippen LogP contribution >= 0.6 is 22.7 Å². The standard InChI is InChI=1S/C21H16N4O2S2/c1-12-3-5-14(6-4-12)16-10-29-20-18(16)21(27)25(11-23-20)8-17(26)15(7-22)19-24-13(2)9-28-19/h3-6,9-11,15H,8H2,1-2H3. The molecule has 6 nitrogen and oxygen atoms in total. The van der Waals surface area contributed by atoms with E-state index < -0.39 is 5.92 Å². The Balaban J connectivity index is 1.71. The molecule has 0 N–H and O–H groups in total. The van der Waals surface area contributed by atoms with Crippen molar-refractivity contribution in [1.82, 2.24) is 14.5 Å². The molecule has 0 amide bonds. The Kier molecular flexibility index (Phi) is 5.09. The molecule has 0 aliphatic rings. The number of Topliss-reactive ketones (excluding diaryl/α,β-unsaturated/α-hetero) is 1. The van der Waals surface area contributed by atoms with Crippen molar-refractivity contribution < 1.29 is 4.79 Å². The molecule has 29 heavy (non-hydrogen) atoms. The highest BCUT2D eigenvalue weighted by molar-refractivity contribution is 7.17. The summed E-state index contributed by atoms with van der Waals surface area (Å²) in [5.74, 6) is -1.37. The first kappa shape index (κ1) is 19.2. The van der Waals surface area contributed by atoms with Crippen molar-refractivity contribution in [3.8, 4) is 17.2 Å². The SMILES string of the molecule is Cc1ccc(-c2csc3ncn(CC(=O)C(C#N)c4nc(C)cs4)c(=O)c23)cc1. The number of hydrogen-bond acceptors (Lipinski definition) is 7. The maximum Gasteiger partial charge on any atom is 0.263 e. The summed E-state index contributed by atoms with van der Waals surface area (Å²) in [4.78, 5) is 35.1. The number of carbonyl (C=O) groups excluding carboxylic acids is 1. The number of benzene rings is 1. The van der Waals surface area contributed by atoms with Crippen LogP contribution < -0.4 is 5.56 Å². The minimum atomic E-state index is -0.990. The topological polar surface area (TPSA) is 88.6 Å². The van der Waals surface area contributed by atoms with Crippen molar-refractivity contribution in [1.29, 1.82) is 5.26 Å². The summed E-state index contributed by atoms with van der Waals surface area (Å²) in [6, 6.07) is 9.93. The number of thiazole rings is 1. The average molecular weight is 421 g/mol. The number of fused-ring (bicyclic) bond motifs is 1. The number of aromatic nitrogens is 3. The molecule has 0 spiro atoms. The van der Waals surface area contributed by atoms with E-state index in [-0.39, 0.29) is 17.9 Å². The van der Waals surface area contributed by atoms with Crippen LogP contribution in [0.25, 0.3) is 21.3 Å². The smallest absolute Gasteiger partial charge is 0.263 e. The van der Waals surface area contributed by atoms with Crippen LogP contribution in [0.3, 0.4) is 0 Å². The molecule has 0 saturated carbocycles. The molecule has 1 aromatic carbocycles. The van der Waals surface area contributed by atoms with Crippen LogP contribution in [0.4, 0.5) is 0 Å². The van der Waals surface area contributed by atoms with Crippen molar-refractivity contribution in [3.05, 3.63) is 68.0 Å². The number of aryl methyl sites for hydroxylation is 2. The van der Waals surface area contributed by atoms with Gasteiger partial charge in [-0.15, -0.1) is 22.7 Å². The monoisotopic (exact) mass is 420 g/mol. The summed E-state index contributed by atoms with van der Waals surface area (Å²) in [5.41, 5.74) is 3.34. The van der Waals surface area contributed by atoms with E-state index in [0.717, 1.165) is 22.4 Å². The van der Waals surface area contributed by atoms with Gasteiger partial charge in [0, 0.05) is 22.0 Å². The van der Waals surface area contributed by atoms with E-state index in [0.29, 0.717) is 15.2 Å². The second-order valence-electron chi connectivity index (χ2n) is 6.73. The van der Waals surface area contributed by atoms with Crippen LogP contribution in [-0.4, -0.2) is 20.3 Å². The van der Waals surface area contributed by atoms with E-state index in [2.05, 4.69) is 9.97 Å². The van der Waals surface area contributed by atoms with Gasteiger partial charge in [-0.05, 0) is 19.4 Å². The van der Waals surface area contributed by atoms with Gasteiger partial charge in [0.25, 0.3) is 5.56 Å². The zero-order chi connectivity index (χ0) is 20.5. The number of ketones is 1. The molecule has 0 radical (unpaired) electrons. The summed E-state index contributed by atoms with van der Waals surface area (Å²) in [6.45, 7) is 3.59. The third-order valence-corrected chi connectivity index (χ3v) is 6.50. The minimum absolute atomic E-state index is 0.220. The van der Waals surface area contributed by atoms with Crippen molar-refractivity contribution in [3.63, 3.8) is 0 Å². The fraction of sp³-hybridized carbons (Fsp3) is 0.190. The van der Waals surface area contributed by atoms with Crippen LogP contribution in [0.15, 0.2) is 46.1 Å². The third kappa shape index (κ3) is 3.62. The van der Waals surface area contributed by atoms with Gasteiger partial charge in [0.15, 0.2) is 11.7 Å². The van der Waals surface area contributed by atoms with E-state index in [4.69, 9.17) is 0 Å². The Morgan fingerprint density at radius 3 is 2.62 bits per heavy atom. The number of rotatable bonds is 5. The van der Waals surface area contributed by atoms with Crippen molar-refractivity contribution in [2.24, 2.45) is 0 Å². The maximum atomic E-state index is 13.1. The molecule has 1 atom stereocenters. The van der Waals surface area contributed by atoms with E-state index in [1.165, 1.54) is 33.6 Å². The fourth-order valence-corrected chi connectivity index (χ4v) is 4.82. The largest absolute Gasteiger partial charge is 0.296 e. The normalized spacial score (nSPS) is 12.0. The molecule has 1 unspecified atom stereocenters. The molecule has 0 fully saturated rings. The molecule has 144 valence electrons. The number of carbonyl (C=O) groups is 1. The van der Waals surface area contributed by atoms with Gasteiger partial charge in [0.05, 0.1) is 24.3 Å². The summed E-state index contributed by atoms with van der Waals surface area (Å²) in [5, 5.41) is 14.1. The van der Waals surface area contributed by atoms with Gasteiger partial charge in [-0.25, -0.2) is 9.97 Å². The molecule has 8 heteroatoms. The summed E-state index contributed by atoms with van der Waals surface area (Å²) in [7, 11) is 0. The van der Waals surface area contributed by atoms with E-state index in [1.54, 1.807) is 5.38 Å². The molecule has 0 saturated heterocycles. The molecule has 4 aromatic rings. The predicted octanol–water partition coefficient (Wildman–Crippen LogP) is 4.07. The molecule has 0 aliphatic carbocycles. The number of thiophene rings is 1. The Bertz CT molecular complexity index is 1310. The van der Waals surface area contributed by atoms with Crippen LogP contribution in [0, 0.1) is 25.2 Å². The van der Waals surface area contributed by atoms with Crippen LogP contribution in [0.1, 0.15) is 22.2 Å². The summed E-state index contributed by atoms with van der Waals surface area (Å²) >= 11 is 2.67. The number of hydrogen-bond donors (Lipinski definition) is 0. The molecule has 0 aliphatic heterocycles. The number of nitriles is 1. The predicted molar refractivity (Wildman–Crippen MR) is 114 cm³/mol. The zero-order valence-electron chi connectivity index (χ0n) is 15.7. The third-order valence-electron chi connectivity index (χ3n) is 4.58. The first-order valence-corrected chi connectivity index (χ1v) is 10.6. The van der Waals surface area contributed by atoms with E-state index in [1.807, 2.05) is 49.6 Å². The number of nitrogens with zero attached hydrogens (tertiary/aromatic N) is 4. The fourth-order valence-electron chi connectivity index (χ4n) is 3.05. The quantitative estimate of drug-likeness (QED) is 0.485. The Hall–Kier alpha value is -3.15. The van der Waals surface area contributed by atoms with Gasteiger partial charge in [-0.1, -0.05) is 29.8 Å². The van der Waals surface area contributed by atoms with Gasteiger partial charge >= 0.3 is 0 Å². The molecule has 3 heterocycles. The minimum Gasteiger partial charge on any atom is -0.296 e. The average Bonchev–Trinajstić information content (AvgIpc) is 3.32. The lowest BCUT2D eigenvalue weighted by atomic mass is 10.0. The second kappa shape index (κ2) is 7.70.